The molecule has 3 nitrogen and oxygen atoms in total. The van der Waals surface area contributed by atoms with Gasteiger partial charge in [-0.15, -0.1) is 0 Å². The van der Waals surface area contributed by atoms with Crippen molar-refractivity contribution in [3.63, 3.8) is 0 Å². The molecule has 0 saturated heterocycles. The lowest BCUT2D eigenvalue weighted by Gasteiger charge is -2.21. The molecule has 0 spiro atoms. The van der Waals surface area contributed by atoms with Crippen LogP contribution < -0.4 is 10.2 Å². The van der Waals surface area contributed by atoms with Gasteiger partial charge in [-0.05, 0) is 30.5 Å². The third-order valence-electron chi connectivity index (χ3n) is 3.24. The van der Waals surface area contributed by atoms with Crippen LogP contribution >= 0.6 is 0 Å². The molecule has 1 unspecified atom stereocenters. The Morgan fingerprint density at radius 3 is 2.67 bits per heavy atom. The molecule has 0 radical (unpaired) electrons. The van der Waals surface area contributed by atoms with Crippen molar-refractivity contribution in [2.24, 2.45) is 5.92 Å². The van der Waals surface area contributed by atoms with Crippen molar-refractivity contribution in [1.29, 1.82) is 0 Å². The van der Waals surface area contributed by atoms with E-state index in [4.69, 9.17) is 0 Å². The second-order valence-electron chi connectivity index (χ2n) is 5.10. The molecule has 1 aromatic heterocycles. The van der Waals surface area contributed by atoms with Gasteiger partial charge in [0.25, 0.3) is 0 Å². The second kappa shape index (κ2) is 8.09. The van der Waals surface area contributed by atoms with Crippen molar-refractivity contribution in [2.75, 3.05) is 25.0 Å². The molecule has 1 atom stereocenters. The molecule has 1 rings (SSSR count). The molecule has 1 heterocycles. The van der Waals surface area contributed by atoms with Crippen molar-refractivity contribution >= 4 is 5.82 Å². The molecule has 1 aromatic rings. The topological polar surface area (TPSA) is 28.2 Å². The summed E-state index contributed by atoms with van der Waals surface area (Å²) in [6.45, 7) is 9.73. The van der Waals surface area contributed by atoms with Gasteiger partial charge in [-0.3, -0.25) is 0 Å². The van der Waals surface area contributed by atoms with Gasteiger partial charge >= 0.3 is 0 Å². The molecule has 102 valence electrons. The van der Waals surface area contributed by atoms with Gasteiger partial charge in [0, 0.05) is 26.3 Å². The van der Waals surface area contributed by atoms with E-state index < -0.39 is 0 Å². The molecule has 0 aliphatic heterocycles. The van der Waals surface area contributed by atoms with Gasteiger partial charge in [0.15, 0.2) is 0 Å². The monoisotopic (exact) mass is 249 g/mol. The maximum atomic E-state index is 4.53. The number of pyridine rings is 1. The quantitative estimate of drug-likeness (QED) is 0.718. The molecule has 0 aliphatic carbocycles. The second-order valence-corrected chi connectivity index (χ2v) is 5.10. The van der Waals surface area contributed by atoms with Gasteiger partial charge in [0.05, 0.1) is 0 Å². The summed E-state index contributed by atoms with van der Waals surface area (Å²) in [6, 6.07) is 4.28. The zero-order valence-electron chi connectivity index (χ0n) is 12.2. The van der Waals surface area contributed by atoms with E-state index in [0.717, 1.165) is 25.5 Å². The highest BCUT2D eigenvalue weighted by molar-refractivity contribution is 5.38. The molecule has 3 heteroatoms. The Labute approximate surface area is 112 Å². The summed E-state index contributed by atoms with van der Waals surface area (Å²) in [4.78, 5) is 6.76. The fraction of sp³-hybridized carbons (Fsp3) is 0.667. The Morgan fingerprint density at radius 1 is 1.33 bits per heavy atom. The van der Waals surface area contributed by atoms with Crippen LogP contribution in [0.3, 0.4) is 0 Å². The zero-order valence-corrected chi connectivity index (χ0v) is 12.2. The molecule has 0 aliphatic rings. The number of aromatic nitrogens is 1. The van der Waals surface area contributed by atoms with Crippen LogP contribution in [0.15, 0.2) is 18.3 Å². The van der Waals surface area contributed by atoms with Crippen LogP contribution in [0.2, 0.25) is 0 Å². The lowest BCUT2D eigenvalue weighted by Crippen LogP contribution is -2.24. The number of hydrogen-bond donors (Lipinski definition) is 1. The number of hydrogen-bond acceptors (Lipinski definition) is 3. The summed E-state index contributed by atoms with van der Waals surface area (Å²) in [5.41, 5.74) is 1.25. The van der Waals surface area contributed by atoms with Crippen LogP contribution in [0.4, 0.5) is 5.82 Å². The fourth-order valence-corrected chi connectivity index (χ4v) is 1.85. The average molecular weight is 249 g/mol. The van der Waals surface area contributed by atoms with Crippen molar-refractivity contribution in [1.82, 2.24) is 10.3 Å². The first-order valence-electron chi connectivity index (χ1n) is 7.04. The van der Waals surface area contributed by atoms with Crippen LogP contribution in [0, 0.1) is 5.92 Å². The van der Waals surface area contributed by atoms with Crippen LogP contribution in [0.25, 0.3) is 0 Å². The van der Waals surface area contributed by atoms with Crippen molar-refractivity contribution in [3.05, 3.63) is 23.9 Å². The molecule has 0 bridgehead atoms. The molecular weight excluding hydrogens is 222 g/mol. The molecule has 0 aromatic carbocycles. The van der Waals surface area contributed by atoms with Crippen LogP contribution in [0.5, 0.6) is 0 Å². The Balaban J connectivity index is 2.48. The summed E-state index contributed by atoms with van der Waals surface area (Å²) in [5, 5.41) is 3.39. The van der Waals surface area contributed by atoms with Gasteiger partial charge in [-0.2, -0.15) is 0 Å². The van der Waals surface area contributed by atoms with E-state index in [1.807, 2.05) is 6.20 Å². The first-order chi connectivity index (χ1) is 8.67. The molecule has 0 fully saturated rings. The predicted octanol–water partition coefficient (Wildman–Crippen LogP) is 3.06. The van der Waals surface area contributed by atoms with E-state index in [-0.39, 0.29) is 0 Å². The highest BCUT2D eigenvalue weighted by atomic mass is 15.2. The average Bonchev–Trinajstić information content (AvgIpc) is 2.39. The maximum absolute atomic E-state index is 4.53. The first-order valence-corrected chi connectivity index (χ1v) is 7.04. The number of nitrogens with zero attached hydrogens (tertiary/aromatic N) is 2. The minimum Gasteiger partial charge on any atom is -0.359 e. The van der Waals surface area contributed by atoms with Crippen LogP contribution in [-0.2, 0) is 6.54 Å². The van der Waals surface area contributed by atoms with E-state index >= 15 is 0 Å². The SMILES string of the molecule is CCCNCc1ccc(N(C)CC(C)CC)nc1. The van der Waals surface area contributed by atoms with Gasteiger partial charge in [0.2, 0.25) is 0 Å². The Bertz CT molecular complexity index is 321. The van der Waals surface area contributed by atoms with E-state index in [0.29, 0.717) is 5.92 Å². The zero-order chi connectivity index (χ0) is 13.4. The fourth-order valence-electron chi connectivity index (χ4n) is 1.85. The van der Waals surface area contributed by atoms with Gasteiger partial charge in [-0.25, -0.2) is 4.98 Å². The van der Waals surface area contributed by atoms with E-state index in [9.17, 15) is 0 Å². The lowest BCUT2D eigenvalue weighted by molar-refractivity contribution is 0.557. The van der Waals surface area contributed by atoms with Crippen molar-refractivity contribution in [2.45, 2.75) is 40.2 Å². The Hall–Kier alpha value is -1.09. The van der Waals surface area contributed by atoms with Crippen LogP contribution in [0.1, 0.15) is 39.2 Å². The normalized spacial score (nSPS) is 12.4. The minimum atomic E-state index is 0.711. The number of nitrogens with one attached hydrogen (secondary N) is 1. The van der Waals surface area contributed by atoms with E-state index in [1.54, 1.807) is 0 Å². The smallest absolute Gasteiger partial charge is 0.128 e. The van der Waals surface area contributed by atoms with E-state index in [1.165, 1.54) is 18.4 Å². The summed E-state index contributed by atoms with van der Waals surface area (Å²) in [5.74, 6) is 1.78. The number of anilines is 1. The lowest BCUT2D eigenvalue weighted by atomic mass is 10.1. The van der Waals surface area contributed by atoms with Gasteiger partial charge in [0.1, 0.15) is 5.82 Å². The highest BCUT2D eigenvalue weighted by Crippen LogP contribution is 2.12. The summed E-state index contributed by atoms with van der Waals surface area (Å²) in [6.07, 6.45) is 4.36. The van der Waals surface area contributed by atoms with E-state index in [2.05, 4.69) is 55.2 Å². The minimum absolute atomic E-state index is 0.711. The summed E-state index contributed by atoms with van der Waals surface area (Å²) in [7, 11) is 2.11. The summed E-state index contributed by atoms with van der Waals surface area (Å²) < 4.78 is 0. The Kier molecular flexibility index (Phi) is 6.73. The maximum Gasteiger partial charge on any atom is 0.128 e. The third-order valence-corrected chi connectivity index (χ3v) is 3.24. The third kappa shape index (κ3) is 5.05. The number of rotatable bonds is 8. The highest BCUT2D eigenvalue weighted by Gasteiger charge is 2.06. The Morgan fingerprint density at radius 2 is 2.11 bits per heavy atom. The van der Waals surface area contributed by atoms with Gasteiger partial charge < -0.3 is 10.2 Å². The standard InChI is InChI=1S/C15H27N3/c1-5-9-16-10-14-7-8-15(17-11-14)18(4)12-13(3)6-2/h7-8,11,13,16H,5-6,9-10,12H2,1-4H3. The van der Waals surface area contributed by atoms with Crippen molar-refractivity contribution < 1.29 is 0 Å². The molecular formula is C15H27N3. The summed E-state index contributed by atoms with van der Waals surface area (Å²) >= 11 is 0. The molecule has 1 N–H and O–H groups in total. The largest absolute Gasteiger partial charge is 0.359 e. The van der Waals surface area contributed by atoms with Crippen molar-refractivity contribution in [3.8, 4) is 0 Å². The predicted molar refractivity (Wildman–Crippen MR) is 79.0 cm³/mol. The van der Waals surface area contributed by atoms with Gasteiger partial charge in [-0.1, -0.05) is 33.3 Å². The molecule has 0 saturated carbocycles. The molecule has 0 amide bonds. The molecule has 18 heavy (non-hydrogen) atoms. The first kappa shape index (κ1) is 15.0. The van der Waals surface area contributed by atoms with Crippen LogP contribution in [-0.4, -0.2) is 25.1 Å².